The summed E-state index contributed by atoms with van der Waals surface area (Å²) in [5.74, 6) is 1.38. The molecule has 1 fully saturated rings. The Morgan fingerprint density at radius 1 is 1.16 bits per heavy atom. The highest BCUT2D eigenvalue weighted by molar-refractivity contribution is 5.98. The summed E-state index contributed by atoms with van der Waals surface area (Å²) < 4.78 is 1.81. The van der Waals surface area contributed by atoms with Crippen molar-refractivity contribution in [2.75, 3.05) is 37.6 Å². The van der Waals surface area contributed by atoms with Crippen LogP contribution < -0.4 is 10.2 Å². The molecule has 0 atom stereocenters. The molecule has 0 unspecified atom stereocenters. The number of carbonyl (C=O) groups is 2. The van der Waals surface area contributed by atoms with Gasteiger partial charge in [-0.05, 0) is 63.7 Å². The van der Waals surface area contributed by atoms with Gasteiger partial charge in [-0.15, -0.1) is 0 Å². The molecule has 0 radical (unpaired) electrons. The van der Waals surface area contributed by atoms with E-state index in [1.807, 2.05) is 17.7 Å². The van der Waals surface area contributed by atoms with Crippen molar-refractivity contribution in [2.24, 2.45) is 5.92 Å². The average Bonchev–Trinajstić information content (AvgIpc) is 3.16. The summed E-state index contributed by atoms with van der Waals surface area (Å²) >= 11 is 0. The Balaban J connectivity index is 1.13. The Hall–Kier alpha value is -2.67. The number of amides is 2. The molecule has 0 aliphatic carbocycles. The fourth-order valence-electron chi connectivity index (χ4n) is 4.64. The van der Waals surface area contributed by atoms with Gasteiger partial charge in [0.2, 0.25) is 11.8 Å². The Morgan fingerprint density at radius 3 is 2.71 bits per heavy atom. The van der Waals surface area contributed by atoms with Crippen molar-refractivity contribution in [3.8, 4) is 0 Å². The number of aryl methyl sites for hydroxylation is 2. The van der Waals surface area contributed by atoms with Gasteiger partial charge in [-0.1, -0.05) is 30.3 Å². The molecule has 7 heteroatoms. The van der Waals surface area contributed by atoms with E-state index >= 15 is 0 Å². The molecule has 1 aromatic heterocycles. The second kappa shape index (κ2) is 10.1. The lowest BCUT2D eigenvalue weighted by Crippen LogP contribution is -2.44. The van der Waals surface area contributed by atoms with Gasteiger partial charge in [0.25, 0.3) is 0 Å². The molecule has 0 bridgehead atoms. The van der Waals surface area contributed by atoms with Gasteiger partial charge in [0.1, 0.15) is 12.4 Å². The molecule has 0 spiro atoms. The molecular formula is C24H33N5O2. The molecule has 1 saturated heterocycles. The highest BCUT2D eigenvalue weighted by Gasteiger charge is 2.27. The summed E-state index contributed by atoms with van der Waals surface area (Å²) in [6.07, 6.45) is 4.98. The van der Waals surface area contributed by atoms with Crippen molar-refractivity contribution >= 4 is 17.6 Å². The van der Waals surface area contributed by atoms with Crippen LogP contribution in [-0.2, 0) is 22.6 Å². The summed E-state index contributed by atoms with van der Waals surface area (Å²) in [5.41, 5.74) is 2.30. The third-order valence-electron chi connectivity index (χ3n) is 6.35. The van der Waals surface area contributed by atoms with Gasteiger partial charge in [0.15, 0.2) is 0 Å². The van der Waals surface area contributed by atoms with Gasteiger partial charge in [-0.3, -0.25) is 14.5 Å². The highest BCUT2D eigenvalue weighted by Crippen LogP contribution is 2.23. The third kappa shape index (κ3) is 5.73. The molecule has 2 aliphatic heterocycles. The minimum atomic E-state index is -0.109. The number of nitrogens with one attached hydrogen (secondary N) is 1. The van der Waals surface area contributed by atoms with Crippen LogP contribution in [0.5, 0.6) is 0 Å². The zero-order valence-electron chi connectivity index (χ0n) is 18.4. The molecule has 3 heterocycles. The maximum absolute atomic E-state index is 12.4. The summed E-state index contributed by atoms with van der Waals surface area (Å²) in [4.78, 5) is 28.7. The number of aromatic nitrogens is 2. The van der Waals surface area contributed by atoms with E-state index in [1.54, 1.807) is 4.90 Å². The van der Waals surface area contributed by atoms with Gasteiger partial charge in [-0.25, -0.2) is 4.68 Å². The molecule has 166 valence electrons. The lowest BCUT2D eigenvalue weighted by atomic mass is 9.90. The molecule has 0 saturated carbocycles. The number of piperidine rings is 1. The highest BCUT2D eigenvalue weighted by atomic mass is 16.2. The van der Waals surface area contributed by atoms with Gasteiger partial charge in [-0.2, -0.15) is 5.10 Å². The first-order chi connectivity index (χ1) is 15.1. The quantitative estimate of drug-likeness (QED) is 0.662. The van der Waals surface area contributed by atoms with Crippen LogP contribution in [-0.4, -0.2) is 59.2 Å². The van der Waals surface area contributed by atoms with E-state index in [0.717, 1.165) is 43.5 Å². The van der Waals surface area contributed by atoms with Crippen molar-refractivity contribution in [2.45, 2.75) is 45.6 Å². The number of nitrogens with zero attached hydrogens (tertiary/aromatic N) is 4. The summed E-state index contributed by atoms with van der Waals surface area (Å²) in [7, 11) is 0. The Bertz CT molecular complexity index is 887. The predicted molar refractivity (Wildman–Crippen MR) is 121 cm³/mol. The lowest BCUT2D eigenvalue weighted by molar-refractivity contribution is -0.124. The minimum absolute atomic E-state index is 0.0130. The Kier molecular flexibility index (Phi) is 7.02. The van der Waals surface area contributed by atoms with Gasteiger partial charge in [0, 0.05) is 19.0 Å². The van der Waals surface area contributed by atoms with Crippen molar-refractivity contribution in [3.05, 3.63) is 47.7 Å². The number of benzene rings is 1. The van der Waals surface area contributed by atoms with Crippen LogP contribution in [0.2, 0.25) is 0 Å². The van der Waals surface area contributed by atoms with Gasteiger partial charge < -0.3 is 10.2 Å². The van der Waals surface area contributed by atoms with Crippen LogP contribution in [0.1, 0.15) is 36.9 Å². The average molecular weight is 424 g/mol. The second-order valence-electron chi connectivity index (χ2n) is 8.78. The van der Waals surface area contributed by atoms with Crippen LogP contribution in [0.15, 0.2) is 36.4 Å². The molecule has 31 heavy (non-hydrogen) atoms. The first-order valence-electron chi connectivity index (χ1n) is 11.5. The SMILES string of the molecule is Cc1cc2n(n1)CCC(=O)N2CC(=O)NCCCN1CCC(Cc2ccccc2)CC1. The third-order valence-corrected chi connectivity index (χ3v) is 6.35. The van der Waals surface area contributed by atoms with Crippen LogP contribution in [0.4, 0.5) is 5.82 Å². The molecule has 1 N–H and O–H groups in total. The summed E-state index contributed by atoms with van der Waals surface area (Å²) in [5, 5.41) is 7.36. The van der Waals surface area contributed by atoms with Gasteiger partial charge >= 0.3 is 0 Å². The molecule has 4 rings (SSSR count). The fraction of sp³-hybridized carbons (Fsp3) is 0.542. The predicted octanol–water partition coefficient (Wildman–Crippen LogP) is 2.39. The van der Waals surface area contributed by atoms with Crippen molar-refractivity contribution in [1.82, 2.24) is 20.0 Å². The maximum Gasteiger partial charge on any atom is 0.240 e. The number of anilines is 1. The first kappa shape index (κ1) is 21.6. The van der Waals surface area contributed by atoms with Crippen LogP contribution in [0, 0.1) is 12.8 Å². The molecule has 2 aliphatic rings. The monoisotopic (exact) mass is 423 g/mol. The standard InChI is InChI=1S/C24H33N5O2/c1-19-16-23-28(24(31)10-15-29(23)26-19)18-22(30)25-11-5-12-27-13-8-21(9-14-27)17-20-6-3-2-4-7-20/h2-4,6-7,16,21H,5,8-15,17-18H2,1H3,(H,25,30). The number of fused-ring (bicyclic) bond motifs is 1. The number of hydrogen-bond acceptors (Lipinski definition) is 4. The zero-order chi connectivity index (χ0) is 21.6. The number of carbonyl (C=O) groups excluding carboxylic acids is 2. The van der Waals surface area contributed by atoms with Crippen LogP contribution in [0.3, 0.4) is 0 Å². The molecule has 2 aromatic rings. The Labute approximate surface area is 184 Å². The van der Waals surface area contributed by atoms with Crippen molar-refractivity contribution < 1.29 is 9.59 Å². The topological polar surface area (TPSA) is 70.5 Å². The fourth-order valence-corrected chi connectivity index (χ4v) is 4.64. The van der Waals surface area contributed by atoms with E-state index in [0.29, 0.717) is 19.5 Å². The van der Waals surface area contributed by atoms with Gasteiger partial charge in [0.05, 0.1) is 12.2 Å². The molecule has 2 amide bonds. The maximum atomic E-state index is 12.4. The van der Waals surface area contributed by atoms with Crippen LogP contribution in [0.25, 0.3) is 0 Å². The molecular weight excluding hydrogens is 390 g/mol. The van der Waals surface area contributed by atoms with E-state index in [2.05, 4.69) is 45.6 Å². The number of likely N-dealkylation sites (tertiary alicyclic amines) is 1. The zero-order valence-corrected chi connectivity index (χ0v) is 18.4. The smallest absolute Gasteiger partial charge is 0.240 e. The van der Waals surface area contributed by atoms with Crippen LogP contribution >= 0.6 is 0 Å². The van der Waals surface area contributed by atoms with E-state index in [-0.39, 0.29) is 18.4 Å². The lowest BCUT2D eigenvalue weighted by Gasteiger charge is -2.32. The van der Waals surface area contributed by atoms with E-state index in [1.165, 1.54) is 24.8 Å². The van der Waals surface area contributed by atoms with E-state index < -0.39 is 0 Å². The Morgan fingerprint density at radius 2 is 1.94 bits per heavy atom. The summed E-state index contributed by atoms with van der Waals surface area (Å²) in [6, 6.07) is 12.6. The normalized spacial score (nSPS) is 17.6. The first-order valence-corrected chi connectivity index (χ1v) is 11.5. The molecule has 7 nitrogen and oxygen atoms in total. The number of hydrogen-bond donors (Lipinski definition) is 1. The second-order valence-corrected chi connectivity index (χ2v) is 8.78. The van der Waals surface area contributed by atoms with Crippen molar-refractivity contribution in [1.29, 1.82) is 0 Å². The summed E-state index contributed by atoms with van der Waals surface area (Å²) in [6.45, 7) is 6.47. The van der Waals surface area contributed by atoms with E-state index in [4.69, 9.17) is 0 Å². The molecule has 1 aromatic carbocycles. The van der Waals surface area contributed by atoms with Crippen molar-refractivity contribution in [3.63, 3.8) is 0 Å². The minimum Gasteiger partial charge on any atom is -0.354 e. The van der Waals surface area contributed by atoms with E-state index in [9.17, 15) is 9.59 Å². The number of rotatable bonds is 8. The largest absolute Gasteiger partial charge is 0.354 e.